The fourth-order valence-corrected chi connectivity index (χ4v) is 3.13. The van der Waals surface area contributed by atoms with Crippen LogP contribution in [0.15, 0.2) is 12.1 Å². The molecule has 0 spiro atoms. The van der Waals surface area contributed by atoms with E-state index in [2.05, 4.69) is 10.3 Å². The van der Waals surface area contributed by atoms with E-state index in [1.807, 2.05) is 13.8 Å². The van der Waals surface area contributed by atoms with Crippen LogP contribution in [0.25, 0.3) is 10.2 Å². The van der Waals surface area contributed by atoms with Crippen LogP contribution in [0.2, 0.25) is 0 Å². The Kier molecular flexibility index (Phi) is 4.43. The van der Waals surface area contributed by atoms with Crippen molar-refractivity contribution >= 4 is 32.9 Å². The van der Waals surface area contributed by atoms with Gasteiger partial charge < -0.3 is 10.4 Å². The van der Waals surface area contributed by atoms with E-state index < -0.39 is 10.5 Å². The zero-order valence-electron chi connectivity index (χ0n) is 12.3. The number of benzene rings is 1. The minimum absolute atomic E-state index is 0.0125. The van der Waals surface area contributed by atoms with Crippen molar-refractivity contribution in [3.63, 3.8) is 0 Å². The lowest BCUT2D eigenvalue weighted by Gasteiger charge is -2.23. The van der Waals surface area contributed by atoms with Crippen LogP contribution in [-0.4, -0.2) is 27.2 Å². The van der Waals surface area contributed by atoms with Gasteiger partial charge in [0, 0.05) is 12.6 Å². The second kappa shape index (κ2) is 5.95. The van der Waals surface area contributed by atoms with Crippen LogP contribution < -0.4 is 5.32 Å². The summed E-state index contributed by atoms with van der Waals surface area (Å²) in [6, 6.07) is 3.22. The van der Waals surface area contributed by atoms with Crippen molar-refractivity contribution < 1.29 is 10.0 Å². The highest BCUT2D eigenvalue weighted by molar-refractivity contribution is 7.18. The maximum absolute atomic E-state index is 11.2. The number of fused-ring (bicyclic) bond motifs is 1. The van der Waals surface area contributed by atoms with Crippen LogP contribution >= 0.6 is 11.3 Å². The Hall–Kier alpha value is -1.73. The van der Waals surface area contributed by atoms with Crippen molar-refractivity contribution in [1.82, 2.24) is 4.98 Å². The van der Waals surface area contributed by atoms with Crippen molar-refractivity contribution in [3.05, 3.63) is 27.3 Å². The molecule has 1 unspecified atom stereocenters. The molecule has 21 heavy (non-hydrogen) atoms. The minimum atomic E-state index is -0.893. The van der Waals surface area contributed by atoms with Crippen molar-refractivity contribution in [3.8, 4) is 0 Å². The molecular formula is C14H19N3O3S. The number of nitrogens with one attached hydrogen (secondary N) is 1. The third-order valence-corrected chi connectivity index (χ3v) is 4.19. The van der Waals surface area contributed by atoms with Gasteiger partial charge in [0.1, 0.15) is 5.69 Å². The summed E-state index contributed by atoms with van der Waals surface area (Å²) in [5.74, 6) is 0. The largest absolute Gasteiger partial charge is 0.388 e. The monoisotopic (exact) mass is 309 g/mol. The fraction of sp³-hybridized carbons (Fsp3) is 0.500. The van der Waals surface area contributed by atoms with E-state index in [0.717, 1.165) is 21.6 Å². The predicted molar refractivity (Wildman–Crippen MR) is 85.0 cm³/mol. The molecule has 2 rings (SSSR count). The molecule has 114 valence electrons. The zero-order chi connectivity index (χ0) is 15.6. The summed E-state index contributed by atoms with van der Waals surface area (Å²) in [6.07, 6.45) is 1.48. The van der Waals surface area contributed by atoms with Crippen LogP contribution in [0, 0.1) is 17.0 Å². The molecule has 1 heterocycles. The summed E-state index contributed by atoms with van der Waals surface area (Å²) >= 11 is 1.43. The van der Waals surface area contributed by atoms with Gasteiger partial charge in [-0.25, -0.2) is 4.98 Å². The van der Waals surface area contributed by atoms with Gasteiger partial charge in [0.25, 0.3) is 5.69 Å². The average Bonchev–Trinajstić information content (AvgIpc) is 2.74. The molecular weight excluding hydrogens is 290 g/mol. The molecule has 0 radical (unpaired) electrons. The molecule has 1 aromatic carbocycles. The number of rotatable bonds is 6. The maximum Gasteiger partial charge on any atom is 0.293 e. The molecule has 0 aliphatic carbocycles. The van der Waals surface area contributed by atoms with E-state index in [4.69, 9.17) is 0 Å². The van der Waals surface area contributed by atoms with Crippen molar-refractivity contribution in [2.45, 2.75) is 39.2 Å². The Morgan fingerprint density at radius 3 is 2.86 bits per heavy atom. The second-order valence-electron chi connectivity index (χ2n) is 5.43. The second-order valence-corrected chi connectivity index (χ2v) is 6.66. The Labute approximate surface area is 127 Å². The van der Waals surface area contributed by atoms with Gasteiger partial charge in [-0.2, -0.15) is 0 Å². The van der Waals surface area contributed by atoms with Crippen LogP contribution in [0.3, 0.4) is 0 Å². The van der Waals surface area contributed by atoms with E-state index >= 15 is 0 Å². The zero-order valence-corrected chi connectivity index (χ0v) is 13.2. The number of aliphatic hydroxyl groups is 1. The molecule has 0 aliphatic rings. The lowest BCUT2D eigenvalue weighted by Crippen LogP contribution is -2.33. The standard InChI is InChI=1S/C14H19N3O3S/c1-4-5-14(3,18)8-15-10-6-11-13(21-9(2)16-11)7-12(10)17(19)20/h6-7,15,18H,4-5,8H2,1-3H3. The van der Waals surface area contributed by atoms with E-state index in [0.29, 0.717) is 12.1 Å². The first-order chi connectivity index (χ1) is 9.82. The van der Waals surface area contributed by atoms with E-state index in [9.17, 15) is 15.2 Å². The molecule has 0 amide bonds. The van der Waals surface area contributed by atoms with E-state index in [-0.39, 0.29) is 12.2 Å². The number of nitrogens with zero attached hydrogens (tertiary/aromatic N) is 2. The number of aryl methyl sites for hydroxylation is 1. The van der Waals surface area contributed by atoms with Crippen molar-refractivity contribution in [2.75, 3.05) is 11.9 Å². The molecule has 2 N–H and O–H groups in total. The van der Waals surface area contributed by atoms with Crippen LogP contribution in [0.4, 0.5) is 11.4 Å². The summed E-state index contributed by atoms with van der Waals surface area (Å²) in [7, 11) is 0. The third kappa shape index (κ3) is 3.68. The van der Waals surface area contributed by atoms with Gasteiger partial charge in [-0.3, -0.25) is 10.1 Å². The van der Waals surface area contributed by atoms with Crippen molar-refractivity contribution in [2.24, 2.45) is 0 Å². The fourth-order valence-electron chi connectivity index (χ4n) is 2.28. The number of nitro benzene ring substituents is 1. The van der Waals surface area contributed by atoms with E-state index in [1.165, 1.54) is 17.4 Å². The Morgan fingerprint density at radius 2 is 2.24 bits per heavy atom. The summed E-state index contributed by atoms with van der Waals surface area (Å²) in [6.45, 7) is 5.84. The summed E-state index contributed by atoms with van der Waals surface area (Å²) in [5.41, 5.74) is 0.253. The average molecular weight is 309 g/mol. The molecule has 7 heteroatoms. The molecule has 0 saturated heterocycles. The summed E-state index contributed by atoms with van der Waals surface area (Å²) < 4.78 is 0.796. The highest BCUT2D eigenvalue weighted by atomic mass is 32.1. The maximum atomic E-state index is 11.2. The lowest BCUT2D eigenvalue weighted by atomic mass is 10.0. The Balaban J connectivity index is 2.32. The van der Waals surface area contributed by atoms with Crippen LogP contribution in [0.5, 0.6) is 0 Å². The normalized spacial score (nSPS) is 14.1. The number of nitro groups is 1. The topological polar surface area (TPSA) is 88.3 Å². The number of anilines is 1. The first kappa shape index (κ1) is 15.7. The molecule has 0 fully saturated rings. The minimum Gasteiger partial charge on any atom is -0.388 e. The van der Waals surface area contributed by atoms with Gasteiger partial charge in [-0.15, -0.1) is 11.3 Å². The molecule has 1 atom stereocenters. The molecule has 1 aromatic heterocycles. The molecule has 0 saturated carbocycles. The Bertz CT molecular complexity index is 667. The van der Waals surface area contributed by atoms with Crippen LogP contribution in [-0.2, 0) is 0 Å². The van der Waals surface area contributed by atoms with Gasteiger partial charge in [-0.05, 0) is 26.3 Å². The quantitative estimate of drug-likeness (QED) is 0.630. The van der Waals surface area contributed by atoms with Crippen molar-refractivity contribution in [1.29, 1.82) is 0 Å². The first-order valence-corrected chi connectivity index (χ1v) is 7.66. The smallest absolute Gasteiger partial charge is 0.293 e. The third-order valence-electron chi connectivity index (χ3n) is 3.26. The predicted octanol–water partition coefficient (Wildman–Crippen LogP) is 3.48. The highest BCUT2D eigenvalue weighted by Crippen LogP contribution is 2.33. The van der Waals surface area contributed by atoms with E-state index in [1.54, 1.807) is 13.0 Å². The number of hydrogen-bond acceptors (Lipinski definition) is 6. The summed E-state index contributed by atoms with van der Waals surface area (Å²) in [5, 5.41) is 25.3. The molecule has 6 nitrogen and oxygen atoms in total. The van der Waals surface area contributed by atoms with Gasteiger partial charge in [-0.1, -0.05) is 13.3 Å². The molecule has 0 bridgehead atoms. The van der Waals surface area contributed by atoms with Gasteiger partial charge >= 0.3 is 0 Å². The Morgan fingerprint density at radius 1 is 1.52 bits per heavy atom. The molecule has 0 aliphatic heterocycles. The molecule has 2 aromatic rings. The number of hydrogen-bond donors (Lipinski definition) is 2. The first-order valence-electron chi connectivity index (χ1n) is 6.84. The highest BCUT2D eigenvalue weighted by Gasteiger charge is 2.22. The summed E-state index contributed by atoms with van der Waals surface area (Å²) in [4.78, 5) is 15.1. The SMILES string of the molecule is CCCC(C)(O)CNc1cc2nc(C)sc2cc1[N+](=O)[O-]. The van der Waals surface area contributed by atoms with Gasteiger partial charge in [0.15, 0.2) is 0 Å². The van der Waals surface area contributed by atoms with Gasteiger partial charge in [0.2, 0.25) is 0 Å². The lowest BCUT2D eigenvalue weighted by molar-refractivity contribution is -0.383. The van der Waals surface area contributed by atoms with Gasteiger partial charge in [0.05, 0.1) is 25.7 Å². The van der Waals surface area contributed by atoms with Crippen LogP contribution in [0.1, 0.15) is 31.7 Å². The number of thiazole rings is 1. The number of aromatic nitrogens is 1.